The van der Waals surface area contributed by atoms with Crippen molar-refractivity contribution in [2.45, 2.75) is 57.9 Å². The van der Waals surface area contributed by atoms with Gasteiger partial charge < -0.3 is 15.1 Å². The molecule has 0 aliphatic carbocycles. The molecule has 0 spiro atoms. The van der Waals surface area contributed by atoms with Crippen LogP contribution in [0.4, 0.5) is 0 Å². The van der Waals surface area contributed by atoms with E-state index in [4.69, 9.17) is 0 Å². The van der Waals surface area contributed by atoms with E-state index in [1.54, 1.807) is 0 Å². The minimum absolute atomic E-state index is 0.524. The van der Waals surface area contributed by atoms with Crippen LogP contribution in [0, 0.1) is 5.41 Å². The van der Waals surface area contributed by atoms with Crippen LogP contribution in [0.5, 0.6) is 0 Å². The van der Waals surface area contributed by atoms with E-state index < -0.39 is 0 Å². The van der Waals surface area contributed by atoms with E-state index in [1.165, 1.54) is 90.8 Å². The number of hydrogen-bond acceptors (Lipinski definition) is 3. The molecule has 116 valence electrons. The van der Waals surface area contributed by atoms with Crippen LogP contribution in [-0.2, 0) is 0 Å². The predicted octanol–water partition coefficient (Wildman–Crippen LogP) is 2.33. The Morgan fingerprint density at radius 1 is 1.00 bits per heavy atom. The molecule has 3 heteroatoms. The first-order valence-corrected chi connectivity index (χ1v) is 8.92. The summed E-state index contributed by atoms with van der Waals surface area (Å²) in [5.41, 5.74) is 0.524. The van der Waals surface area contributed by atoms with Gasteiger partial charge in [0.1, 0.15) is 0 Å². The molecule has 0 amide bonds. The van der Waals surface area contributed by atoms with Crippen molar-refractivity contribution < 1.29 is 0 Å². The average molecular weight is 279 g/mol. The Hall–Kier alpha value is -0.120. The maximum absolute atomic E-state index is 3.59. The van der Waals surface area contributed by atoms with Crippen LogP contribution in [0.2, 0.25) is 0 Å². The fraction of sp³-hybridized carbons (Fsp3) is 1.00. The minimum Gasteiger partial charge on any atom is -0.316 e. The molecule has 3 aliphatic heterocycles. The SMILES string of the molecule is CC1(CN2CCC(N3CCCCC3)CC2)CCCNC1. The quantitative estimate of drug-likeness (QED) is 0.855. The monoisotopic (exact) mass is 279 g/mol. The zero-order valence-electron chi connectivity index (χ0n) is 13.4. The minimum atomic E-state index is 0.524. The standard InChI is InChI=1S/C17H33N3/c1-17(8-5-9-18-14-17)15-19-12-6-16(7-13-19)20-10-3-2-4-11-20/h16,18H,2-15H2,1H3. The smallest absolute Gasteiger partial charge is 0.0120 e. The van der Waals surface area contributed by atoms with Crippen LogP contribution in [0.15, 0.2) is 0 Å². The predicted molar refractivity (Wildman–Crippen MR) is 85.1 cm³/mol. The number of piperidine rings is 3. The summed E-state index contributed by atoms with van der Waals surface area (Å²) < 4.78 is 0. The first-order valence-electron chi connectivity index (χ1n) is 8.92. The van der Waals surface area contributed by atoms with E-state index in [2.05, 4.69) is 22.0 Å². The van der Waals surface area contributed by atoms with Crippen molar-refractivity contribution in [3.63, 3.8) is 0 Å². The lowest BCUT2D eigenvalue weighted by Crippen LogP contribution is -2.51. The van der Waals surface area contributed by atoms with Crippen molar-refractivity contribution in [3.05, 3.63) is 0 Å². The van der Waals surface area contributed by atoms with Gasteiger partial charge in [0.05, 0.1) is 0 Å². The number of likely N-dealkylation sites (tertiary alicyclic amines) is 2. The Kier molecular flexibility index (Phi) is 5.00. The summed E-state index contributed by atoms with van der Waals surface area (Å²) in [4.78, 5) is 5.53. The molecule has 3 fully saturated rings. The topological polar surface area (TPSA) is 18.5 Å². The molecular formula is C17H33N3. The highest BCUT2D eigenvalue weighted by molar-refractivity contribution is 4.88. The Morgan fingerprint density at radius 2 is 1.75 bits per heavy atom. The third-order valence-electron chi connectivity index (χ3n) is 5.76. The summed E-state index contributed by atoms with van der Waals surface area (Å²) in [6, 6.07) is 0.892. The van der Waals surface area contributed by atoms with Crippen molar-refractivity contribution >= 4 is 0 Å². The summed E-state index contributed by atoms with van der Waals surface area (Å²) in [7, 11) is 0. The van der Waals surface area contributed by atoms with Crippen LogP contribution in [0.1, 0.15) is 51.9 Å². The highest BCUT2D eigenvalue weighted by atomic mass is 15.2. The molecule has 3 saturated heterocycles. The lowest BCUT2D eigenvalue weighted by atomic mass is 9.82. The maximum atomic E-state index is 3.59. The van der Waals surface area contributed by atoms with Gasteiger partial charge in [-0.2, -0.15) is 0 Å². The lowest BCUT2D eigenvalue weighted by Gasteiger charge is -2.44. The zero-order valence-corrected chi connectivity index (χ0v) is 13.4. The summed E-state index contributed by atoms with van der Waals surface area (Å²) in [5, 5.41) is 3.59. The van der Waals surface area contributed by atoms with E-state index in [-0.39, 0.29) is 0 Å². The molecule has 0 saturated carbocycles. The molecule has 0 aromatic heterocycles. The maximum Gasteiger partial charge on any atom is 0.0120 e. The first kappa shape index (κ1) is 14.8. The molecule has 3 heterocycles. The molecule has 0 bridgehead atoms. The number of nitrogens with zero attached hydrogens (tertiary/aromatic N) is 2. The Labute approximate surface area is 125 Å². The van der Waals surface area contributed by atoms with Crippen molar-refractivity contribution in [3.8, 4) is 0 Å². The van der Waals surface area contributed by atoms with Crippen molar-refractivity contribution in [2.75, 3.05) is 45.8 Å². The van der Waals surface area contributed by atoms with Gasteiger partial charge in [0.25, 0.3) is 0 Å². The van der Waals surface area contributed by atoms with Gasteiger partial charge in [0, 0.05) is 19.1 Å². The Bertz CT molecular complexity index is 285. The molecule has 0 aromatic carbocycles. The molecule has 20 heavy (non-hydrogen) atoms. The molecular weight excluding hydrogens is 246 g/mol. The molecule has 0 aromatic rings. The average Bonchev–Trinajstić information content (AvgIpc) is 2.49. The molecule has 1 atom stereocenters. The van der Waals surface area contributed by atoms with Crippen LogP contribution >= 0.6 is 0 Å². The highest BCUT2D eigenvalue weighted by Crippen LogP contribution is 2.29. The zero-order chi connectivity index (χ0) is 13.8. The molecule has 0 radical (unpaired) electrons. The van der Waals surface area contributed by atoms with Gasteiger partial charge in [-0.25, -0.2) is 0 Å². The summed E-state index contributed by atoms with van der Waals surface area (Å²) >= 11 is 0. The third-order valence-corrected chi connectivity index (χ3v) is 5.76. The second kappa shape index (κ2) is 6.76. The Balaban J connectivity index is 1.43. The second-order valence-corrected chi connectivity index (χ2v) is 7.69. The lowest BCUT2D eigenvalue weighted by molar-refractivity contribution is 0.0633. The van der Waals surface area contributed by atoms with E-state index in [0.29, 0.717) is 5.41 Å². The van der Waals surface area contributed by atoms with Crippen LogP contribution in [-0.4, -0.2) is 61.7 Å². The van der Waals surface area contributed by atoms with Crippen LogP contribution in [0.3, 0.4) is 0 Å². The van der Waals surface area contributed by atoms with Crippen molar-refractivity contribution in [1.82, 2.24) is 15.1 Å². The van der Waals surface area contributed by atoms with Gasteiger partial charge in [-0.15, -0.1) is 0 Å². The summed E-state index contributed by atoms with van der Waals surface area (Å²) in [6.07, 6.45) is 9.91. The van der Waals surface area contributed by atoms with Gasteiger partial charge in [-0.05, 0) is 76.7 Å². The van der Waals surface area contributed by atoms with E-state index in [0.717, 1.165) is 6.04 Å². The Morgan fingerprint density at radius 3 is 2.40 bits per heavy atom. The van der Waals surface area contributed by atoms with Gasteiger partial charge in [-0.1, -0.05) is 13.3 Å². The van der Waals surface area contributed by atoms with Gasteiger partial charge >= 0.3 is 0 Å². The van der Waals surface area contributed by atoms with E-state index in [1.807, 2.05) is 0 Å². The fourth-order valence-electron chi connectivity index (χ4n) is 4.52. The molecule has 3 aliphatic rings. The summed E-state index contributed by atoms with van der Waals surface area (Å²) in [6.45, 7) is 11.6. The van der Waals surface area contributed by atoms with Crippen LogP contribution < -0.4 is 5.32 Å². The number of hydrogen-bond donors (Lipinski definition) is 1. The van der Waals surface area contributed by atoms with Crippen LogP contribution in [0.25, 0.3) is 0 Å². The fourth-order valence-corrected chi connectivity index (χ4v) is 4.52. The molecule has 1 unspecified atom stereocenters. The largest absolute Gasteiger partial charge is 0.316 e. The van der Waals surface area contributed by atoms with E-state index in [9.17, 15) is 0 Å². The summed E-state index contributed by atoms with van der Waals surface area (Å²) in [5.74, 6) is 0. The van der Waals surface area contributed by atoms with Gasteiger partial charge in [-0.3, -0.25) is 0 Å². The first-order chi connectivity index (χ1) is 9.75. The normalized spacial score (nSPS) is 35.2. The van der Waals surface area contributed by atoms with E-state index >= 15 is 0 Å². The third kappa shape index (κ3) is 3.75. The second-order valence-electron chi connectivity index (χ2n) is 7.69. The van der Waals surface area contributed by atoms with Crippen molar-refractivity contribution in [1.29, 1.82) is 0 Å². The van der Waals surface area contributed by atoms with Gasteiger partial charge in [0.2, 0.25) is 0 Å². The number of nitrogens with one attached hydrogen (secondary N) is 1. The molecule has 3 nitrogen and oxygen atoms in total. The van der Waals surface area contributed by atoms with Gasteiger partial charge in [0.15, 0.2) is 0 Å². The molecule has 3 rings (SSSR count). The number of rotatable bonds is 3. The van der Waals surface area contributed by atoms with Crippen molar-refractivity contribution in [2.24, 2.45) is 5.41 Å². The molecule has 1 N–H and O–H groups in total. The highest BCUT2D eigenvalue weighted by Gasteiger charge is 2.32.